The summed E-state index contributed by atoms with van der Waals surface area (Å²) in [5.74, 6) is 1.20. The Balaban J connectivity index is 1.63. The van der Waals surface area contributed by atoms with Crippen molar-refractivity contribution < 1.29 is 33.3 Å². The van der Waals surface area contributed by atoms with Gasteiger partial charge in [-0.15, -0.1) is 0 Å². The average Bonchev–Trinajstić information content (AvgIpc) is 2.92. The quantitative estimate of drug-likeness (QED) is 0.205. The highest BCUT2D eigenvalue weighted by molar-refractivity contribution is 5.76. The molecule has 41 heavy (non-hydrogen) atoms. The third kappa shape index (κ3) is 7.00. The van der Waals surface area contributed by atoms with E-state index in [0.29, 0.717) is 48.0 Å². The molecule has 0 unspecified atom stereocenters. The van der Waals surface area contributed by atoms with Crippen molar-refractivity contribution in [3.8, 4) is 39.9 Å². The predicted molar refractivity (Wildman–Crippen MR) is 154 cm³/mol. The Hall–Kier alpha value is -4.91. The molecule has 2 aliphatic heterocycles. The molecule has 0 spiro atoms. The van der Waals surface area contributed by atoms with Gasteiger partial charge in [-0.05, 0) is 108 Å². The third-order valence-corrected chi connectivity index (χ3v) is 6.75. The highest BCUT2D eigenvalue weighted by Gasteiger charge is 2.16. The third-order valence-electron chi connectivity index (χ3n) is 6.75. The lowest BCUT2D eigenvalue weighted by Crippen LogP contribution is -2.05. The fourth-order valence-electron chi connectivity index (χ4n) is 4.97. The molecule has 0 N–H and O–H groups in total. The number of carbonyl (C=O) groups is 3. The monoisotopic (exact) mass is 550 g/mol. The lowest BCUT2D eigenvalue weighted by molar-refractivity contribution is -0.132. The molecule has 0 aromatic heterocycles. The van der Waals surface area contributed by atoms with Crippen LogP contribution in [0, 0.1) is 0 Å². The summed E-state index contributed by atoms with van der Waals surface area (Å²) in [7, 11) is 0. The minimum Gasteiger partial charge on any atom is -0.453 e. The van der Waals surface area contributed by atoms with Crippen molar-refractivity contribution in [2.45, 2.75) is 46.5 Å². The van der Waals surface area contributed by atoms with E-state index < -0.39 is 11.9 Å². The Labute approximate surface area is 238 Å². The molecule has 7 nitrogen and oxygen atoms in total. The lowest BCUT2D eigenvalue weighted by Gasteiger charge is -2.18. The summed E-state index contributed by atoms with van der Waals surface area (Å²) in [5.41, 5.74) is 6.13. The van der Waals surface area contributed by atoms with Gasteiger partial charge in [0.15, 0.2) is 11.5 Å². The summed E-state index contributed by atoms with van der Waals surface area (Å²) in [6.07, 6.45) is 2.72. The van der Waals surface area contributed by atoms with E-state index in [1.165, 1.54) is 20.8 Å². The first-order valence-corrected chi connectivity index (χ1v) is 13.4. The molecule has 0 atom stereocenters. The summed E-state index contributed by atoms with van der Waals surface area (Å²) in [4.78, 5) is 35.1. The maximum absolute atomic E-state index is 11.7. The number of fused-ring (bicyclic) bond motifs is 4. The Kier molecular flexibility index (Phi) is 8.15. The number of aryl methyl sites for hydroxylation is 4. The van der Waals surface area contributed by atoms with E-state index in [2.05, 4.69) is 0 Å². The minimum atomic E-state index is -0.428. The number of hydrogen-bond acceptors (Lipinski definition) is 7. The summed E-state index contributed by atoms with van der Waals surface area (Å²) in [6, 6.07) is 24.7. The van der Waals surface area contributed by atoms with Crippen molar-refractivity contribution in [2.75, 3.05) is 0 Å². The Morgan fingerprint density at radius 2 is 1.07 bits per heavy atom. The molecule has 6 rings (SSSR count). The van der Waals surface area contributed by atoms with Gasteiger partial charge in [-0.25, -0.2) is 0 Å². The molecule has 0 saturated carbocycles. The number of rotatable bonds is 3. The number of carbonyl (C=O) groups excluding carboxylic acids is 3. The molecule has 208 valence electrons. The van der Waals surface area contributed by atoms with Gasteiger partial charge < -0.3 is 18.9 Å². The van der Waals surface area contributed by atoms with Gasteiger partial charge in [0.1, 0.15) is 17.2 Å². The van der Waals surface area contributed by atoms with Gasteiger partial charge >= 0.3 is 17.9 Å². The Bertz CT molecular complexity index is 1620. The highest BCUT2D eigenvalue weighted by Crippen LogP contribution is 2.36. The van der Waals surface area contributed by atoms with Gasteiger partial charge in [-0.3, -0.25) is 14.4 Å². The number of benzene rings is 4. The minimum absolute atomic E-state index is 0.349. The first kappa shape index (κ1) is 27.6. The van der Waals surface area contributed by atoms with Crippen LogP contribution in [-0.2, 0) is 40.1 Å². The van der Waals surface area contributed by atoms with Crippen LogP contribution in [0.15, 0.2) is 78.9 Å². The van der Waals surface area contributed by atoms with Gasteiger partial charge in [0.05, 0.1) is 0 Å². The second kappa shape index (κ2) is 12.1. The van der Waals surface area contributed by atoms with Crippen molar-refractivity contribution in [1.29, 1.82) is 0 Å². The van der Waals surface area contributed by atoms with Gasteiger partial charge in [-0.1, -0.05) is 30.3 Å². The zero-order valence-electron chi connectivity index (χ0n) is 23.2. The highest BCUT2D eigenvalue weighted by atomic mass is 16.6. The molecule has 0 fully saturated rings. The molecule has 0 saturated heterocycles. The van der Waals surface area contributed by atoms with Gasteiger partial charge in [0, 0.05) is 20.8 Å². The average molecular weight is 551 g/mol. The standard InChI is InChI=1S/C34H30O7/c1-21(35)38-29-13-15-31-26(19-29)9-4-24-6-11-28(12-7-24)41-34-18-25(8-17-33(34)40-23(3)37)5-10-27-20-30(39-22(2)36)14-16-32(27)31/h6-8,11-20H,4-5,9-10H2,1-3H3. The van der Waals surface area contributed by atoms with Crippen molar-refractivity contribution in [3.05, 3.63) is 101 Å². The van der Waals surface area contributed by atoms with E-state index in [1.54, 1.807) is 18.2 Å². The van der Waals surface area contributed by atoms with Crippen LogP contribution < -0.4 is 18.9 Å². The summed E-state index contributed by atoms with van der Waals surface area (Å²) >= 11 is 0. The number of esters is 3. The molecule has 2 heterocycles. The maximum atomic E-state index is 11.7. The first-order chi connectivity index (χ1) is 19.7. The predicted octanol–water partition coefficient (Wildman–Crippen LogP) is 6.81. The Morgan fingerprint density at radius 3 is 1.61 bits per heavy atom. The molecular weight excluding hydrogens is 520 g/mol. The number of hydrogen-bond donors (Lipinski definition) is 0. The van der Waals surface area contributed by atoms with Crippen LogP contribution in [-0.4, -0.2) is 17.9 Å². The molecule has 4 aromatic carbocycles. The normalized spacial score (nSPS) is 12.4. The van der Waals surface area contributed by atoms with E-state index in [4.69, 9.17) is 18.9 Å². The number of ether oxygens (including phenoxy) is 4. The zero-order valence-corrected chi connectivity index (χ0v) is 23.2. The fourth-order valence-corrected chi connectivity index (χ4v) is 4.97. The van der Waals surface area contributed by atoms with Crippen LogP contribution in [0.5, 0.6) is 28.7 Å². The lowest BCUT2D eigenvalue weighted by atomic mass is 9.90. The van der Waals surface area contributed by atoms with Crippen molar-refractivity contribution >= 4 is 17.9 Å². The fraction of sp³-hybridized carbons (Fsp3) is 0.206. The summed E-state index contributed by atoms with van der Waals surface area (Å²) in [5, 5.41) is 0. The molecule has 2 aliphatic rings. The van der Waals surface area contributed by atoms with Crippen molar-refractivity contribution in [1.82, 2.24) is 0 Å². The molecule has 4 bridgehead atoms. The van der Waals surface area contributed by atoms with E-state index in [1.807, 2.05) is 60.7 Å². The van der Waals surface area contributed by atoms with Crippen molar-refractivity contribution in [3.63, 3.8) is 0 Å². The van der Waals surface area contributed by atoms with Crippen LogP contribution in [0.4, 0.5) is 0 Å². The molecule has 0 aliphatic carbocycles. The van der Waals surface area contributed by atoms with Gasteiger partial charge in [0.25, 0.3) is 0 Å². The van der Waals surface area contributed by atoms with E-state index in [0.717, 1.165) is 39.8 Å². The van der Waals surface area contributed by atoms with E-state index in [9.17, 15) is 14.4 Å². The molecule has 0 amide bonds. The molecule has 0 radical (unpaired) electrons. The van der Waals surface area contributed by atoms with Crippen LogP contribution in [0.1, 0.15) is 43.0 Å². The maximum Gasteiger partial charge on any atom is 0.308 e. The molecular formula is C34H30O7. The van der Waals surface area contributed by atoms with Gasteiger partial charge in [0.2, 0.25) is 0 Å². The first-order valence-electron chi connectivity index (χ1n) is 13.4. The molecule has 7 heteroatoms. The van der Waals surface area contributed by atoms with E-state index >= 15 is 0 Å². The summed E-state index contributed by atoms with van der Waals surface area (Å²) in [6.45, 7) is 4.12. The van der Waals surface area contributed by atoms with Crippen LogP contribution >= 0.6 is 0 Å². The van der Waals surface area contributed by atoms with Crippen molar-refractivity contribution in [2.24, 2.45) is 0 Å². The second-order valence-electron chi connectivity index (χ2n) is 9.95. The topological polar surface area (TPSA) is 88.1 Å². The van der Waals surface area contributed by atoms with E-state index in [-0.39, 0.29) is 5.97 Å². The largest absolute Gasteiger partial charge is 0.453 e. The van der Waals surface area contributed by atoms with Crippen LogP contribution in [0.3, 0.4) is 0 Å². The van der Waals surface area contributed by atoms with Crippen LogP contribution in [0.25, 0.3) is 11.1 Å². The second-order valence-corrected chi connectivity index (χ2v) is 9.95. The summed E-state index contributed by atoms with van der Waals surface area (Å²) < 4.78 is 22.4. The SMILES string of the molecule is CC(=O)Oc1ccc2c(c1)CCc1ccc(cc1)Oc1cc(ccc1OC(C)=O)CCc1cc(OC(C)=O)ccc1-2. The zero-order chi connectivity index (χ0) is 28.9. The molecule has 4 aromatic rings. The van der Waals surface area contributed by atoms with Crippen LogP contribution in [0.2, 0.25) is 0 Å². The Morgan fingerprint density at radius 1 is 0.561 bits per heavy atom. The smallest absolute Gasteiger partial charge is 0.308 e. The van der Waals surface area contributed by atoms with Gasteiger partial charge in [-0.2, -0.15) is 0 Å².